The van der Waals surface area contributed by atoms with Crippen molar-refractivity contribution in [3.63, 3.8) is 0 Å². The van der Waals surface area contributed by atoms with E-state index in [2.05, 4.69) is 165 Å². The first-order valence-electron chi connectivity index (χ1n) is 15.4. The van der Waals surface area contributed by atoms with E-state index in [1.54, 1.807) is 0 Å². The molecular formula is C42H32N2. The van der Waals surface area contributed by atoms with Crippen molar-refractivity contribution in [2.45, 2.75) is 18.4 Å². The Bertz CT molecular complexity index is 1970. The van der Waals surface area contributed by atoms with Gasteiger partial charge in [0.2, 0.25) is 0 Å². The lowest BCUT2D eigenvalue weighted by Gasteiger charge is -2.34. The number of amidine groups is 1. The topological polar surface area (TPSA) is 24.7 Å². The number of rotatable bonds is 5. The summed E-state index contributed by atoms with van der Waals surface area (Å²) in [6.07, 6.45) is 0. The van der Waals surface area contributed by atoms with Crippen molar-refractivity contribution in [2.75, 3.05) is 0 Å². The summed E-state index contributed by atoms with van der Waals surface area (Å²) in [5.41, 5.74) is 11.7. The standard InChI is InChI=1S/C42H32N2/c1-29-39(30-16-6-2-7-17-30)43-41(31-18-8-3-9-19-31)44-40(29)32-26-27-36-35-24-14-15-25-37(35)42(38(36)28-32,33-20-10-4-11-21-33)34-22-12-5-13-23-34/h2-29,39H,1H3. The zero-order chi connectivity index (χ0) is 29.5. The van der Waals surface area contributed by atoms with Crippen LogP contribution in [0.1, 0.15) is 51.9 Å². The Morgan fingerprint density at radius 3 is 1.70 bits per heavy atom. The van der Waals surface area contributed by atoms with Crippen LogP contribution in [0.5, 0.6) is 0 Å². The molecule has 0 aromatic heterocycles. The first kappa shape index (κ1) is 26.3. The summed E-state index contributed by atoms with van der Waals surface area (Å²) < 4.78 is 0. The minimum atomic E-state index is -0.446. The fraction of sp³-hybridized carbons (Fsp3) is 0.0952. The number of hydrogen-bond acceptors (Lipinski definition) is 2. The van der Waals surface area contributed by atoms with Gasteiger partial charge in [0.25, 0.3) is 0 Å². The Kier molecular flexibility index (Phi) is 6.42. The smallest absolute Gasteiger partial charge is 0.155 e. The highest BCUT2D eigenvalue weighted by Gasteiger charge is 2.46. The second-order valence-electron chi connectivity index (χ2n) is 11.7. The molecule has 8 rings (SSSR count). The third kappa shape index (κ3) is 4.10. The van der Waals surface area contributed by atoms with Gasteiger partial charge in [0.15, 0.2) is 5.84 Å². The Labute approximate surface area is 259 Å². The van der Waals surface area contributed by atoms with Crippen LogP contribution in [0.15, 0.2) is 174 Å². The molecule has 2 heteroatoms. The van der Waals surface area contributed by atoms with Gasteiger partial charge in [0.1, 0.15) is 0 Å². The van der Waals surface area contributed by atoms with Crippen LogP contribution in [0.4, 0.5) is 0 Å². The number of aliphatic imine (C=N–C) groups is 2. The van der Waals surface area contributed by atoms with Crippen LogP contribution < -0.4 is 0 Å². The van der Waals surface area contributed by atoms with Crippen molar-refractivity contribution >= 4 is 11.5 Å². The summed E-state index contributed by atoms with van der Waals surface area (Å²) in [6.45, 7) is 2.27. The normalized spacial score (nSPS) is 18.1. The monoisotopic (exact) mass is 564 g/mol. The fourth-order valence-electron chi connectivity index (χ4n) is 7.31. The van der Waals surface area contributed by atoms with Gasteiger partial charge in [-0.05, 0) is 50.6 Å². The van der Waals surface area contributed by atoms with Crippen LogP contribution >= 0.6 is 0 Å². The van der Waals surface area contributed by atoms with Crippen molar-refractivity contribution in [3.8, 4) is 11.1 Å². The fourth-order valence-corrected chi connectivity index (χ4v) is 7.31. The molecule has 210 valence electrons. The van der Waals surface area contributed by atoms with E-state index in [0.29, 0.717) is 0 Å². The number of fused-ring (bicyclic) bond motifs is 3. The van der Waals surface area contributed by atoms with E-state index >= 15 is 0 Å². The third-order valence-corrected chi connectivity index (χ3v) is 9.32. The van der Waals surface area contributed by atoms with Crippen molar-refractivity contribution in [3.05, 3.63) is 203 Å². The first-order chi connectivity index (χ1) is 21.7. The van der Waals surface area contributed by atoms with Crippen LogP contribution in [-0.2, 0) is 5.41 Å². The molecule has 2 aliphatic rings. The summed E-state index contributed by atoms with van der Waals surface area (Å²) in [5, 5.41) is 0. The minimum Gasteiger partial charge on any atom is -0.257 e. The van der Waals surface area contributed by atoms with Crippen molar-refractivity contribution < 1.29 is 0 Å². The lowest BCUT2D eigenvalue weighted by Crippen LogP contribution is -2.30. The maximum Gasteiger partial charge on any atom is 0.155 e. The molecule has 0 spiro atoms. The molecule has 6 aromatic carbocycles. The summed E-state index contributed by atoms with van der Waals surface area (Å²) in [5.74, 6) is 0.878. The molecule has 1 aliphatic carbocycles. The van der Waals surface area contributed by atoms with Gasteiger partial charge < -0.3 is 0 Å². The molecule has 0 saturated carbocycles. The Morgan fingerprint density at radius 2 is 1.05 bits per heavy atom. The molecule has 2 nitrogen and oxygen atoms in total. The van der Waals surface area contributed by atoms with Crippen molar-refractivity contribution in [2.24, 2.45) is 15.9 Å². The third-order valence-electron chi connectivity index (χ3n) is 9.32. The van der Waals surface area contributed by atoms with Crippen LogP contribution in [0.3, 0.4) is 0 Å². The molecule has 1 aliphatic heterocycles. The van der Waals surface area contributed by atoms with Gasteiger partial charge in [-0.25, -0.2) is 4.99 Å². The average molecular weight is 565 g/mol. The lowest BCUT2D eigenvalue weighted by molar-refractivity contribution is 0.592. The average Bonchev–Trinajstić information content (AvgIpc) is 3.40. The zero-order valence-electron chi connectivity index (χ0n) is 24.6. The van der Waals surface area contributed by atoms with Crippen LogP contribution in [0.25, 0.3) is 11.1 Å². The van der Waals surface area contributed by atoms with Gasteiger partial charge >= 0.3 is 0 Å². The minimum absolute atomic E-state index is 0.0302. The van der Waals surface area contributed by atoms with Crippen molar-refractivity contribution in [1.82, 2.24) is 0 Å². The highest BCUT2D eigenvalue weighted by Crippen LogP contribution is 2.56. The van der Waals surface area contributed by atoms with Crippen LogP contribution in [0.2, 0.25) is 0 Å². The number of nitrogens with zero attached hydrogens (tertiary/aromatic N) is 2. The molecule has 1 heterocycles. The summed E-state index contributed by atoms with van der Waals surface area (Å²) in [4.78, 5) is 10.6. The summed E-state index contributed by atoms with van der Waals surface area (Å²) in [7, 11) is 0. The van der Waals surface area contributed by atoms with E-state index in [-0.39, 0.29) is 12.0 Å². The maximum absolute atomic E-state index is 5.31. The molecule has 0 saturated heterocycles. The lowest BCUT2D eigenvalue weighted by atomic mass is 9.67. The van der Waals surface area contributed by atoms with Gasteiger partial charge in [-0.2, -0.15) is 0 Å². The SMILES string of the molecule is CC1C(c2ccc3c(c2)C(c2ccccc2)(c2ccccc2)c2ccccc2-3)=NC(c2ccccc2)=NC1c1ccccc1. The molecule has 0 fully saturated rings. The van der Waals surface area contributed by atoms with E-state index in [1.807, 2.05) is 6.07 Å². The van der Waals surface area contributed by atoms with Gasteiger partial charge in [-0.3, -0.25) is 4.99 Å². The van der Waals surface area contributed by atoms with E-state index in [4.69, 9.17) is 9.98 Å². The summed E-state index contributed by atoms with van der Waals surface area (Å²) >= 11 is 0. The van der Waals surface area contributed by atoms with E-state index in [9.17, 15) is 0 Å². The number of hydrogen-bond donors (Lipinski definition) is 0. The molecule has 6 aromatic rings. The van der Waals surface area contributed by atoms with Gasteiger partial charge in [-0.15, -0.1) is 0 Å². The first-order valence-corrected chi connectivity index (χ1v) is 15.4. The largest absolute Gasteiger partial charge is 0.257 e. The molecular weight excluding hydrogens is 532 g/mol. The van der Waals surface area contributed by atoms with E-state index in [0.717, 1.165) is 22.7 Å². The second-order valence-corrected chi connectivity index (χ2v) is 11.7. The molecule has 0 bridgehead atoms. The number of benzene rings is 6. The highest BCUT2D eigenvalue weighted by atomic mass is 15.0. The molecule has 44 heavy (non-hydrogen) atoms. The predicted octanol–water partition coefficient (Wildman–Crippen LogP) is 9.68. The maximum atomic E-state index is 5.31. The van der Waals surface area contributed by atoms with Crippen LogP contribution in [0, 0.1) is 5.92 Å². The molecule has 0 amide bonds. The van der Waals surface area contributed by atoms with E-state index in [1.165, 1.54) is 38.9 Å². The van der Waals surface area contributed by atoms with Gasteiger partial charge in [0.05, 0.1) is 17.2 Å². The van der Waals surface area contributed by atoms with Gasteiger partial charge in [-0.1, -0.05) is 165 Å². The molecule has 2 unspecified atom stereocenters. The summed E-state index contributed by atoms with van der Waals surface area (Å²) in [6, 6.07) is 58.8. The van der Waals surface area contributed by atoms with Crippen LogP contribution in [-0.4, -0.2) is 11.5 Å². The Hall–Kier alpha value is -5.34. The Morgan fingerprint density at radius 1 is 0.500 bits per heavy atom. The predicted molar refractivity (Wildman–Crippen MR) is 182 cm³/mol. The molecule has 2 atom stereocenters. The van der Waals surface area contributed by atoms with E-state index < -0.39 is 5.41 Å². The quantitative estimate of drug-likeness (QED) is 0.199. The molecule has 0 radical (unpaired) electrons. The highest BCUT2D eigenvalue weighted by molar-refractivity contribution is 6.15. The Balaban J connectivity index is 1.37. The molecule has 0 N–H and O–H groups in total. The van der Waals surface area contributed by atoms with Crippen molar-refractivity contribution in [1.29, 1.82) is 0 Å². The second kappa shape index (κ2) is 10.7. The zero-order valence-corrected chi connectivity index (χ0v) is 24.6. The van der Waals surface area contributed by atoms with Gasteiger partial charge in [0, 0.05) is 11.5 Å².